The highest BCUT2D eigenvalue weighted by Gasteiger charge is 2.22. The minimum atomic E-state index is -0.358. The third kappa shape index (κ3) is 4.56. The van der Waals surface area contributed by atoms with Crippen LogP contribution in [0.15, 0.2) is 29.1 Å². The maximum atomic E-state index is 13.8. The lowest BCUT2D eigenvalue weighted by Crippen LogP contribution is -2.40. The maximum Gasteiger partial charge on any atom is 0.255 e. The van der Waals surface area contributed by atoms with Gasteiger partial charge in [0.25, 0.3) is 5.56 Å². The molecule has 1 aliphatic heterocycles. The second-order valence-electron chi connectivity index (χ2n) is 6.99. The van der Waals surface area contributed by atoms with Crippen molar-refractivity contribution in [2.24, 2.45) is 0 Å². The zero-order valence-electron chi connectivity index (χ0n) is 15.2. The average molecular weight is 359 g/mol. The zero-order chi connectivity index (χ0) is 18.5. The second kappa shape index (κ2) is 8.56. The third-order valence-corrected chi connectivity index (χ3v) is 4.87. The van der Waals surface area contributed by atoms with Gasteiger partial charge in [-0.15, -0.1) is 0 Å². The van der Waals surface area contributed by atoms with E-state index in [1.807, 2.05) is 0 Å². The van der Waals surface area contributed by atoms with E-state index in [0.29, 0.717) is 36.5 Å². The van der Waals surface area contributed by atoms with Gasteiger partial charge in [-0.2, -0.15) is 0 Å². The maximum absolute atomic E-state index is 13.8. The topological polar surface area (TPSA) is 69.2 Å². The van der Waals surface area contributed by atoms with E-state index in [2.05, 4.69) is 21.8 Å². The van der Waals surface area contributed by atoms with Crippen LogP contribution in [0.25, 0.3) is 0 Å². The van der Waals surface area contributed by atoms with Crippen LogP contribution in [0.1, 0.15) is 48.8 Å². The van der Waals surface area contributed by atoms with Gasteiger partial charge in [-0.3, -0.25) is 9.69 Å². The number of β-amino-alcohol motifs (C(OH)–C–C–N with tert-alkyl or cyclic N) is 1. The number of aliphatic hydroxyl groups is 1. The molecule has 0 aliphatic carbocycles. The summed E-state index contributed by atoms with van der Waals surface area (Å²) in [5, 5.41) is 10.1. The molecule has 1 aromatic carbocycles. The van der Waals surface area contributed by atoms with E-state index >= 15 is 0 Å². The van der Waals surface area contributed by atoms with Crippen molar-refractivity contribution >= 4 is 0 Å². The monoisotopic (exact) mass is 359 g/mol. The lowest BCUT2D eigenvalue weighted by atomic mass is 10.0. The molecule has 0 unspecified atom stereocenters. The van der Waals surface area contributed by atoms with E-state index in [-0.39, 0.29) is 23.9 Å². The Morgan fingerprint density at radius 1 is 1.38 bits per heavy atom. The molecule has 3 rings (SSSR count). The number of benzene rings is 1. The molecule has 1 aliphatic rings. The fourth-order valence-corrected chi connectivity index (χ4v) is 3.42. The number of aromatic amines is 1. The van der Waals surface area contributed by atoms with Gasteiger partial charge in [0.1, 0.15) is 11.6 Å². The minimum Gasteiger partial charge on any atom is -0.392 e. The van der Waals surface area contributed by atoms with Crippen LogP contribution >= 0.6 is 0 Å². The zero-order valence-corrected chi connectivity index (χ0v) is 15.2. The Morgan fingerprint density at radius 3 is 2.96 bits per heavy atom. The molecule has 6 heteroatoms. The van der Waals surface area contributed by atoms with Gasteiger partial charge in [0, 0.05) is 32.5 Å². The molecular weight excluding hydrogens is 333 g/mol. The Hall–Kier alpha value is -2.05. The van der Waals surface area contributed by atoms with Crippen molar-refractivity contribution in [3.8, 4) is 0 Å². The first kappa shape index (κ1) is 18.7. The molecule has 2 N–H and O–H groups in total. The molecule has 0 fully saturated rings. The molecule has 0 radical (unpaired) electrons. The van der Waals surface area contributed by atoms with Crippen LogP contribution < -0.4 is 5.56 Å². The molecule has 0 amide bonds. The van der Waals surface area contributed by atoms with Crippen LogP contribution in [0, 0.1) is 5.82 Å². The van der Waals surface area contributed by atoms with Crippen molar-refractivity contribution in [1.82, 2.24) is 14.9 Å². The lowest BCUT2D eigenvalue weighted by molar-refractivity contribution is 0.0960. The van der Waals surface area contributed by atoms with Crippen molar-refractivity contribution in [1.29, 1.82) is 0 Å². The highest BCUT2D eigenvalue weighted by atomic mass is 19.1. The molecule has 1 atom stereocenters. The van der Waals surface area contributed by atoms with E-state index in [1.165, 1.54) is 6.07 Å². The summed E-state index contributed by atoms with van der Waals surface area (Å²) in [4.78, 5) is 22.0. The van der Waals surface area contributed by atoms with E-state index in [4.69, 9.17) is 0 Å². The quantitative estimate of drug-likeness (QED) is 0.797. The molecule has 0 spiro atoms. The first-order valence-corrected chi connectivity index (χ1v) is 9.31. The van der Waals surface area contributed by atoms with E-state index < -0.39 is 0 Å². The number of unbranched alkanes of at least 4 members (excludes halogenated alkanes) is 1. The van der Waals surface area contributed by atoms with Crippen molar-refractivity contribution in [2.75, 3.05) is 13.1 Å². The summed E-state index contributed by atoms with van der Waals surface area (Å²) >= 11 is 0. The lowest BCUT2D eigenvalue weighted by Gasteiger charge is -2.29. The molecule has 0 saturated carbocycles. The number of fused-ring (bicyclic) bond motifs is 1. The Kier molecular flexibility index (Phi) is 6.16. The molecule has 5 nitrogen and oxygen atoms in total. The summed E-state index contributed by atoms with van der Waals surface area (Å²) < 4.78 is 13.8. The predicted octanol–water partition coefficient (Wildman–Crippen LogP) is 2.41. The highest BCUT2D eigenvalue weighted by Crippen LogP contribution is 2.16. The molecular formula is C20H26FN3O2. The van der Waals surface area contributed by atoms with Crippen molar-refractivity contribution < 1.29 is 9.50 Å². The Bertz CT molecular complexity index is 806. The van der Waals surface area contributed by atoms with Gasteiger partial charge >= 0.3 is 0 Å². The number of halogens is 1. The molecule has 140 valence electrons. The summed E-state index contributed by atoms with van der Waals surface area (Å²) in [6.45, 7) is 3.95. The normalized spacial score (nSPS) is 15.7. The van der Waals surface area contributed by atoms with Gasteiger partial charge in [-0.05, 0) is 18.1 Å². The standard InChI is InChI=1S/C20H26FN3O2/c1-2-3-7-15(25)12-24-10-9-18-16(13-24)20(26)23-19(22-18)11-14-6-4-5-8-17(14)21/h4-6,8,15,25H,2-3,7,9-13H2,1H3,(H,22,23,26)/t15-/m1/s1. The average Bonchev–Trinajstić information content (AvgIpc) is 2.62. The third-order valence-electron chi connectivity index (χ3n) is 4.87. The number of nitrogens with zero attached hydrogens (tertiary/aromatic N) is 2. The highest BCUT2D eigenvalue weighted by molar-refractivity contribution is 5.25. The number of rotatable bonds is 7. The summed E-state index contributed by atoms with van der Waals surface area (Å²) in [7, 11) is 0. The Balaban J connectivity index is 1.71. The largest absolute Gasteiger partial charge is 0.392 e. The number of nitrogens with one attached hydrogen (secondary N) is 1. The molecule has 0 saturated heterocycles. The van der Waals surface area contributed by atoms with Gasteiger partial charge in [0.2, 0.25) is 0 Å². The predicted molar refractivity (Wildman–Crippen MR) is 98.6 cm³/mol. The molecule has 0 bridgehead atoms. The van der Waals surface area contributed by atoms with Gasteiger partial charge in [-0.25, -0.2) is 9.37 Å². The molecule has 2 aromatic rings. The van der Waals surface area contributed by atoms with Gasteiger partial charge in [0.05, 0.1) is 17.4 Å². The van der Waals surface area contributed by atoms with Crippen molar-refractivity contribution in [2.45, 2.75) is 51.7 Å². The summed E-state index contributed by atoms with van der Waals surface area (Å²) in [6.07, 6.45) is 3.44. The SMILES string of the molecule is CCCC[C@@H](O)CN1CCc2nc(Cc3ccccc3F)[nH]c(=O)c2C1. The van der Waals surface area contributed by atoms with E-state index in [1.54, 1.807) is 18.2 Å². The van der Waals surface area contributed by atoms with Crippen LogP contribution in [0.4, 0.5) is 4.39 Å². The van der Waals surface area contributed by atoms with Crippen LogP contribution in [0.3, 0.4) is 0 Å². The first-order chi connectivity index (χ1) is 12.6. The number of aliphatic hydroxyl groups excluding tert-OH is 1. The van der Waals surface area contributed by atoms with Crippen LogP contribution in [-0.2, 0) is 19.4 Å². The fourth-order valence-electron chi connectivity index (χ4n) is 3.42. The van der Waals surface area contributed by atoms with Gasteiger partial charge in [0.15, 0.2) is 0 Å². The first-order valence-electron chi connectivity index (χ1n) is 9.31. The van der Waals surface area contributed by atoms with E-state index in [9.17, 15) is 14.3 Å². The number of hydrogen-bond acceptors (Lipinski definition) is 4. The van der Waals surface area contributed by atoms with Crippen LogP contribution in [0.2, 0.25) is 0 Å². The van der Waals surface area contributed by atoms with Crippen molar-refractivity contribution in [3.05, 3.63) is 63.1 Å². The van der Waals surface area contributed by atoms with Crippen LogP contribution in [-0.4, -0.2) is 39.2 Å². The fraction of sp³-hybridized carbons (Fsp3) is 0.500. The van der Waals surface area contributed by atoms with Gasteiger partial charge < -0.3 is 10.1 Å². The minimum absolute atomic E-state index is 0.158. The van der Waals surface area contributed by atoms with Crippen molar-refractivity contribution in [3.63, 3.8) is 0 Å². The number of aromatic nitrogens is 2. The number of H-pyrrole nitrogens is 1. The molecule has 26 heavy (non-hydrogen) atoms. The van der Waals surface area contributed by atoms with Gasteiger partial charge in [-0.1, -0.05) is 38.0 Å². The Morgan fingerprint density at radius 2 is 2.19 bits per heavy atom. The Labute approximate surface area is 152 Å². The summed E-state index contributed by atoms with van der Waals surface area (Å²) in [5.74, 6) is 0.204. The summed E-state index contributed by atoms with van der Waals surface area (Å²) in [5.41, 5.74) is 1.82. The summed E-state index contributed by atoms with van der Waals surface area (Å²) in [6, 6.07) is 6.53. The van der Waals surface area contributed by atoms with E-state index in [0.717, 1.165) is 31.5 Å². The van der Waals surface area contributed by atoms with Crippen LogP contribution in [0.5, 0.6) is 0 Å². The second-order valence-corrected chi connectivity index (χ2v) is 6.99. The molecule has 2 heterocycles. The smallest absolute Gasteiger partial charge is 0.255 e. The molecule has 1 aromatic heterocycles. The number of hydrogen-bond donors (Lipinski definition) is 2.